The molecule has 3 atom stereocenters. The summed E-state index contributed by atoms with van der Waals surface area (Å²) < 4.78 is 42.1. The maximum atomic E-state index is 14.2. The SMILES string of the molecule is CC(N[S+]([O-])C(C)(C)C)(c1ccccc1F)C(F)C(=O)O. The van der Waals surface area contributed by atoms with Crippen LogP contribution in [0.4, 0.5) is 8.78 Å². The van der Waals surface area contributed by atoms with Crippen LogP contribution in [0.25, 0.3) is 0 Å². The molecule has 7 heteroatoms. The van der Waals surface area contributed by atoms with Crippen LogP contribution in [-0.2, 0) is 21.7 Å². The predicted octanol–water partition coefficient (Wildman–Crippen LogP) is 2.52. The van der Waals surface area contributed by atoms with Gasteiger partial charge in [-0.15, -0.1) is 4.72 Å². The van der Waals surface area contributed by atoms with Crippen molar-refractivity contribution in [2.75, 3.05) is 0 Å². The van der Waals surface area contributed by atoms with E-state index in [0.29, 0.717) is 0 Å². The van der Waals surface area contributed by atoms with Gasteiger partial charge in [-0.05, 0) is 33.8 Å². The van der Waals surface area contributed by atoms with Gasteiger partial charge in [-0.3, -0.25) is 0 Å². The smallest absolute Gasteiger partial charge is 0.340 e. The fourth-order valence-electron chi connectivity index (χ4n) is 1.72. The number of carbonyl (C=O) groups is 1. The van der Waals surface area contributed by atoms with E-state index in [4.69, 9.17) is 5.11 Å². The number of hydrogen-bond donors (Lipinski definition) is 2. The summed E-state index contributed by atoms with van der Waals surface area (Å²) in [6.07, 6.45) is -2.46. The van der Waals surface area contributed by atoms with Crippen molar-refractivity contribution in [1.29, 1.82) is 0 Å². The number of carboxylic acids is 1. The fourth-order valence-corrected chi connectivity index (χ4v) is 2.62. The zero-order valence-electron chi connectivity index (χ0n) is 12.3. The Bertz CT molecular complexity index is 521. The number of rotatable bonds is 5. The Kier molecular flexibility index (Phi) is 5.35. The maximum Gasteiger partial charge on any atom is 0.340 e. The van der Waals surface area contributed by atoms with Crippen LogP contribution in [0, 0.1) is 5.82 Å². The van der Waals surface area contributed by atoms with Crippen molar-refractivity contribution in [3.8, 4) is 0 Å². The molecule has 21 heavy (non-hydrogen) atoms. The van der Waals surface area contributed by atoms with Crippen molar-refractivity contribution in [2.24, 2.45) is 0 Å². The van der Waals surface area contributed by atoms with Crippen molar-refractivity contribution in [1.82, 2.24) is 4.72 Å². The van der Waals surface area contributed by atoms with Crippen LogP contribution in [0.3, 0.4) is 0 Å². The van der Waals surface area contributed by atoms with Crippen molar-refractivity contribution in [2.45, 2.75) is 44.2 Å². The number of alkyl halides is 1. The minimum atomic E-state index is -2.46. The van der Waals surface area contributed by atoms with Gasteiger partial charge in [0.15, 0.2) is 0 Å². The molecule has 118 valence electrons. The van der Waals surface area contributed by atoms with E-state index >= 15 is 0 Å². The number of nitrogens with one attached hydrogen (secondary N) is 1. The molecule has 1 aromatic rings. The average molecular weight is 319 g/mol. The molecule has 3 unspecified atom stereocenters. The highest BCUT2D eigenvalue weighted by Gasteiger charge is 2.48. The molecule has 4 nitrogen and oxygen atoms in total. The van der Waals surface area contributed by atoms with E-state index in [1.165, 1.54) is 25.1 Å². The van der Waals surface area contributed by atoms with Gasteiger partial charge in [-0.2, -0.15) is 0 Å². The summed E-state index contributed by atoms with van der Waals surface area (Å²) in [5.41, 5.74) is -2.13. The second-order valence-electron chi connectivity index (χ2n) is 5.87. The van der Waals surface area contributed by atoms with Gasteiger partial charge >= 0.3 is 5.97 Å². The van der Waals surface area contributed by atoms with Crippen LogP contribution < -0.4 is 4.72 Å². The molecular formula is C14H19F2NO3S. The highest BCUT2D eigenvalue weighted by atomic mass is 32.2. The zero-order valence-corrected chi connectivity index (χ0v) is 13.1. The molecule has 2 N–H and O–H groups in total. The standard InChI is InChI=1S/C14H19F2NO3S/c1-13(2,3)21(20)17-14(4,11(16)12(18)19)9-7-5-6-8-10(9)15/h5-8,11,17H,1-4H3,(H,18,19). The van der Waals surface area contributed by atoms with E-state index in [0.717, 1.165) is 6.07 Å². The topological polar surface area (TPSA) is 72.4 Å². The molecular weight excluding hydrogens is 300 g/mol. The number of aliphatic carboxylic acids is 1. The molecule has 0 aliphatic carbocycles. The van der Waals surface area contributed by atoms with Crippen LogP contribution in [0.1, 0.15) is 33.3 Å². The van der Waals surface area contributed by atoms with E-state index in [-0.39, 0.29) is 5.56 Å². The van der Waals surface area contributed by atoms with E-state index < -0.39 is 39.6 Å². The van der Waals surface area contributed by atoms with E-state index in [1.807, 2.05) is 0 Å². The molecule has 0 saturated carbocycles. The Morgan fingerprint density at radius 2 is 1.86 bits per heavy atom. The van der Waals surface area contributed by atoms with E-state index in [1.54, 1.807) is 20.8 Å². The molecule has 0 fully saturated rings. The summed E-state index contributed by atoms with van der Waals surface area (Å²) in [4.78, 5) is 11.0. The first-order valence-corrected chi connectivity index (χ1v) is 7.46. The fraction of sp³-hybridized carbons (Fsp3) is 0.500. The monoisotopic (exact) mass is 319 g/mol. The van der Waals surface area contributed by atoms with Gasteiger partial charge in [-0.1, -0.05) is 18.2 Å². The molecule has 0 aliphatic rings. The predicted molar refractivity (Wildman–Crippen MR) is 77.3 cm³/mol. The molecule has 0 amide bonds. The molecule has 1 aromatic carbocycles. The van der Waals surface area contributed by atoms with Crippen LogP contribution in [0.15, 0.2) is 24.3 Å². The lowest BCUT2D eigenvalue weighted by Gasteiger charge is -2.35. The Morgan fingerprint density at radius 1 is 1.33 bits per heavy atom. The number of benzene rings is 1. The number of carboxylic acid groups (broad SMARTS) is 1. The molecule has 0 aromatic heterocycles. The molecule has 0 heterocycles. The van der Waals surface area contributed by atoms with E-state index in [2.05, 4.69) is 4.72 Å². The van der Waals surface area contributed by atoms with E-state index in [9.17, 15) is 18.1 Å². The Morgan fingerprint density at radius 3 is 2.29 bits per heavy atom. The summed E-state index contributed by atoms with van der Waals surface area (Å²) in [6, 6.07) is 5.25. The second kappa shape index (κ2) is 6.29. The highest BCUT2D eigenvalue weighted by Crippen LogP contribution is 2.32. The summed E-state index contributed by atoms with van der Waals surface area (Å²) >= 11 is -1.77. The summed E-state index contributed by atoms with van der Waals surface area (Å²) in [5, 5.41) is 8.95. The minimum absolute atomic E-state index is 0.183. The molecule has 0 spiro atoms. The maximum absolute atomic E-state index is 14.2. The second-order valence-corrected chi connectivity index (χ2v) is 7.83. The first-order valence-electron chi connectivity index (χ1n) is 6.31. The molecule has 1 rings (SSSR count). The van der Waals surface area contributed by atoms with Gasteiger partial charge in [0.1, 0.15) is 16.1 Å². The first kappa shape index (κ1) is 17.9. The van der Waals surface area contributed by atoms with Crippen molar-refractivity contribution in [3.63, 3.8) is 0 Å². The lowest BCUT2D eigenvalue weighted by molar-refractivity contribution is -0.145. The van der Waals surface area contributed by atoms with Crippen LogP contribution in [-0.4, -0.2) is 26.5 Å². The molecule has 0 radical (unpaired) electrons. The Labute approximate surface area is 125 Å². The summed E-state index contributed by atoms with van der Waals surface area (Å²) in [7, 11) is 0. The van der Waals surface area contributed by atoms with Crippen molar-refractivity contribution in [3.05, 3.63) is 35.6 Å². The lowest BCUT2D eigenvalue weighted by Crippen LogP contribution is -2.56. The van der Waals surface area contributed by atoms with Gasteiger partial charge in [0.05, 0.1) is 0 Å². The van der Waals surface area contributed by atoms with Gasteiger partial charge < -0.3 is 9.66 Å². The lowest BCUT2D eigenvalue weighted by atomic mass is 9.88. The number of hydrogen-bond acceptors (Lipinski definition) is 3. The summed E-state index contributed by atoms with van der Waals surface area (Å²) in [5.74, 6) is -2.51. The van der Waals surface area contributed by atoms with Crippen LogP contribution in [0.2, 0.25) is 0 Å². The van der Waals surface area contributed by atoms with Gasteiger partial charge in [0.2, 0.25) is 6.17 Å². The van der Waals surface area contributed by atoms with Crippen molar-refractivity contribution >= 4 is 17.3 Å². The first-order chi connectivity index (χ1) is 9.50. The zero-order chi connectivity index (χ0) is 16.4. The van der Waals surface area contributed by atoms with Gasteiger partial charge in [0, 0.05) is 16.9 Å². The Hall–Kier alpha value is -1.18. The van der Waals surface area contributed by atoms with Crippen molar-refractivity contribution < 1.29 is 23.2 Å². The summed E-state index contributed by atoms with van der Waals surface area (Å²) in [6.45, 7) is 6.12. The third kappa shape index (κ3) is 3.93. The van der Waals surface area contributed by atoms with Gasteiger partial charge in [-0.25, -0.2) is 13.6 Å². The molecule has 0 aliphatic heterocycles. The minimum Gasteiger partial charge on any atom is -0.598 e. The quantitative estimate of drug-likeness (QED) is 0.818. The van der Waals surface area contributed by atoms with Crippen LogP contribution in [0.5, 0.6) is 0 Å². The third-order valence-corrected chi connectivity index (χ3v) is 4.74. The normalized spacial score (nSPS) is 17.9. The average Bonchev–Trinajstić information content (AvgIpc) is 2.36. The van der Waals surface area contributed by atoms with Crippen LogP contribution >= 0.6 is 0 Å². The third-order valence-electron chi connectivity index (χ3n) is 3.02. The Balaban J connectivity index is 3.31. The molecule has 0 saturated heterocycles. The number of halogens is 2. The van der Waals surface area contributed by atoms with Gasteiger partial charge in [0.25, 0.3) is 0 Å². The highest BCUT2D eigenvalue weighted by molar-refractivity contribution is 7.90. The molecule has 0 bridgehead atoms. The largest absolute Gasteiger partial charge is 0.598 e.